The third-order valence-corrected chi connectivity index (χ3v) is 4.09. The van der Waals surface area contributed by atoms with Gasteiger partial charge in [0.05, 0.1) is 6.04 Å². The number of carbonyl (C=O) groups is 1. The lowest BCUT2D eigenvalue weighted by molar-refractivity contribution is -0.0757. The minimum atomic E-state index is -0.903. The van der Waals surface area contributed by atoms with Gasteiger partial charge in [0.1, 0.15) is 24.0 Å². The van der Waals surface area contributed by atoms with E-state index >= 15 is 0 Å². The zero-order chi connectivity index (χ0) is 17.3. The smallest absolute Gasteiger partial charge is 0.339 e. The lowest BCUT2D eigenvalue weighted by Gasteiger charge is -2.20. The summed E-state index contributed by atoms with van der Waals surface area (Å²) in [5, 5.41) is 10.2. The molecule has 0 heterocycles. The van der Waals surface area contributed by atoms with E-state index in [0.717, 1.165) is 17.2 Å². The second-order valence-corrected chi connectivity index (χ2v) is 5.62. The van der Waals surface area contributed by atoms with Gasteiger partial charge in [-0.2, -0.15) is 5.06 Å². The molecule has 2 aromatic rings. The van der Waals surface area contributed by atoms with Crippen molar-refractivity contribution in [3.63, 3.8) is 0 Å². The van der Waals surface area contributed by atoms with Gasteiger partial charge < -0.3 is 10.5 Å². The second kappa shape index (κ2) is 6.45. The monoisotopic (exact) mass is 334 g/mol. The van der Waals surface area contributed by atoms with Gasteiger partial charge in [-0.3, -0.25) is 5.21 Å². The number of amides is 2. The molecule has 0 saturated carbocycles. The van der Waals surface area contributed by atoms with Crippen molar-refractivity contribution in [1.82, 2.24) is 5.06 Å². The van der Waals surface area contributed by atoms with Crippen molar-refractivity contribution in [1.29, 1.82) is 0 Å². The number of benzene rings is 2. The maximum absolute atomic E-state index is 13.6. The molecule has 5 nitrogen and oxygen atoms in total. The van der Waals surface area contributed by atoms with Crippen LogP contribution in [0.3, 0.4) is 0 Å². The predicted molar refractivity (Wildman–Crippen MR) is 81.4 cm³/mol. The number of hydroxylamine groups is 2. The van der Waals surface area contributed by atoms with Crippen LogP contribution in [0.15, 0.2) is 36.4 Å². The number of carbonyl (C=O) groups excluding carboxylic acids is 1. The van der Waals surface area contributed by atoms with E-state index in [1.807, 2.05) is 0 Å². The molecule has 7 heteroatoms. The number of urea groups is 1. The fourth-order valence-electron chi connectivity index (χ4n) is 2.87. The van der Waals surface area contributed by atoms with Gasteiger partial charge in [-0.1, -0.05) is 6.07 Å². The summed E-state index contributed by atoms with van der Waals surface area (Å²) in [7, 11) is 0. The molecule has 126 valence electrons. The van der Waals surface area contributed by atoms with E-state index in [-0.39, 0.29) is 12.2 Å². The number of fused-ring (bicyclic) bond motifs is 1. The van der Waals surface area contributed by atoms with Crippen LogP contribution < -0.4 is 10.5 Å². The highest BCUT2D eigenvalue weighted by molar-refractivity contribution is 5.71. The van der Waals surface area contributed by atoms with Crippen molar-refractivity contribution in [3.8, 4) is 5.75 Å². The van der Waals surface area contributed by atoms with Crippen molar-refractivity contribution in [3.05, 3.63) is 64.7 Å². The molecule has 0 saturated heterocycles. The number of nitrogens with two attached hydrogens (primary N) is 1. The fraction of sp³-hybridized carbons (Fsp3) is 0.235. The van der Waals surface area contributed by atoms with Gasteiger partial charge in [-0.25, -0.2) is 13.6 Å². The molecule has 0 bridgehead atoms. The third-order valence-electron chi connectivity index (χ3n) is 4.09. The van der Waals surface area contributed by atoms with E-state index < -0.39 is 23.7 Å². The van der Waals surface area contributed by atoms with Gasteiger partial charge in [0, 0.05) is 11.6 Å². The van der Waals surface area contributed by atoms with Crippen LogP contribution in [0.1, 0.15) is 29.2 Å². The summed E-state index contributed by atoms with van der Waals surface area (Å²) in [6.45, 7) is -0.0261. The molecule has 1 aliphatic carbocycles. The highest BCUT2D eigenvalue weighted by Gasteiger charge is 2.29. The molecule has 0 fully saturated rings. The van der Waals surface area contributed by atoms with Crippen LogP contribution in [0.2, 0.25) is 0 Å². The summed E-state index contributed by atoms with van der Waals surface area (Å²) in [4.78, 5) is 11.1. The molecule has 1 aliphatic rings. The minimum Gasteiger partial charge on any atom is -0.489 e. The first-order valence-corrected chi connectivity index (χ1v) is 7.43. The Labute approximate surface area is 137 Å². The average molecular weight is 334 g/mol. The normalized spacial score (nSPS) is 15.9. The number of hydrogen-bond donors (Lipinski definition) is 2. The quantitative estimate of drug-likeness (QED) is 0.665. The number of primary amides is 1. The lowest BCUT2D eigenvalue weighted by atomic mass is 10.1. The number of ether oxygens (including phenoxy) is 1. The maximum Gasteiger partial charge on any atom is 0.339 e. The molecule has 3 rings (SSSR count). The van der Waals surface area contributed by atoms with Crippen molar-refractivity contribution in [2.24, 2.45) is 5.73 Å². The molecule has 0 aliphatic heterocycles. The van der Waals surface area contributed by atoms with Crippen LogP contribution in [0, 0.1) is 11.6 Å². The first kappa shape index (κ1) is 16.2. The van der Waals surface area contributed by atoms with Crippen molar-refractivity contribution < 1.29 is 23.5 Å². The Balaban J connectivity index is 1.72. The molecule has 0 radical (unpaired) electrons. The number of nitrogens with zero attached hydrogens (tertiary/aromatic N) is 1. The molecule has 0 spiro atoms. The molecule has 3 N–H and O–H groups in total. The summed E-state index contributed by atoms with van der Waals surface area (Å²) in [6, 6.07) is 7.15. The number of rotatable bonds is 4. The molecule has 1 unspecified atom stereocenters. The number of aryl methyl sites for hydroxylation is 1. The lowest BCUT2D eigenvalue weighted by Crippen LogP contribution is -2.35. The molecular weight excluding hydrogens is 318 g/mol. The van der Waals surface area contributed by atoms with Crippen molar-refractivity contribution in [2.45, 2.75) is 25.5 Å². The van der Waals surface area contributed by atoms with Crippen LogP contribution >= 0.6 is 0 Å². The standard InChI is InChI=1S/C17H16F2N2O3/c18-12-3-1-11(15(19)8-12)9-24-13-4-5-14-10(7-13)2-6-16(14)21(23)17(20)22/h1,3-5,7-8,16,23H,2,6,9H2,(H2,20,22). The fourth-order valence-corrected chi connectivity index (χ4v) is 2.87. The summed E-state index contributed by atoms with van der Waals surface area (Å²) >= 11 is 0. The van der Waals surface area contributed by atoms with Gasteiger partial charge in [-0.05, 0) is 48.2 Å². The van der Waals surface area contributed by atoms with E-state index in [2.05, 4.69) is 0 Å². The second-order valence-electron chi connectivity index (χ2n) is 5.62. The highest BCUT2D eigenvalue weighted by atomic mass is 19.1. The molecule has 2 amide bonds. The molecule has 1 atom stereocenters. The minimum absolute atomic E-state index is 0.0261. The van der Waals surface area contributed by atoms with E-state index in [1.54, 1.807) is 18.2 Å². The van der Waals surface area contributed by atoms with Crippen LogP contribution in [0.25, 0.3) is 0 Å². The van der Waals surface area contributed by atoms with Gasteiger partial charge in [0.2, 0.25) is 0 Å². The van der Waals surface area contributed by atoms with Crippen LogP contribution in [0.5, 0.6) is 5.75 Å². The van der Waals surface area contributed by atoms with Gasteiger partial charge in [-0.15, -0.1) is 0 Å². The molecule has 2 aromatic carbocycles. The molecular formula is C17H16F2N2O3. The highest BCUT2D eigenvalue weighted by Crippen LogP contribution is 2.36. The number of hydrogen-bond acceptors (Lipinski definition) is 3. The zero-order valence-corrected chi connectivity index (χ0v) is 12.7. The van der Waals surface area contributed by atoms with Crippen LogP contribution in [0.4, 0.5) is 13.6 Å². The molecule has 24 heavy (non-hydrogen) atoms. The summed E-state index contributed by atoms with van der Waals surface area (Å²) in [6.07, 6.45) is 1.22. The summed E-state index contributed by atoms with van der Waals surface area (Å²) < 4.78 is 32.0. The van der Waals surface area contributed by atoms with Gasteiger partial charge in [0.25, 0.3) is 0 Å². The van der Waals surface area contributed by atoms with E-state index in [0.29, 0.717) is 23.7 Å². The zero-order valence-electron chi connectivity index (χ0n) is 12.7. The number of halogens is 2. The van der Waals surface area contributed by atoms with Crippen molar-refractivity contribution >= 4 is 6.03 Å². The summed E-state index contributed by atoms with van der Waals surface area (Å²) in [5.41, 5.74) is 7.08. The maximum atomic E-state index is 13.6. The Hall–Kier alpha value is -2.67. The Morgan fingerprint density at radius 1 is 1.29 bits per heavy atom. The summed E-state index contributed by atoms with van der Waals surface area (Å²) in [5.74, 6) is -0.766. The van der Waals surface area contributed by atoms with E-state index in [4.69, 9.17) is 10.5 Å². The Bertz CT molecular complexity index is 782. The first-order chi connectivity index (χ1) is 11.5. The van der Waals surface area contributed by atoms with Crippen LogP contribution in [-0.4, -0.2) is 16.3 Å². The SMILES string of the molecule is NC(=O)N(O)C1CCc2cc(OCc3ccc(F)cc3F)ccc21. The third kappa shape index (κ3) is 3.16. The van der Waals surface area contributed by atoms with Crippen LogP contribution in [-0.2, 0) is 13.0 Å². The first-order valence-electron chi connectivity index (χ1n) is 7.43. The predicted octanol–water partition coefficient (Wildman–Crippen LogP) is 3.30. The largest absolute Gasteiger partial charge is 0.489 e. The Kier molecular flexibility index (Phi) is 4.35. The topological polar surface area (TPSA) is 75.8 Å². The van der Waals surface area contributed by atoms with Crippen molar-refractivity contribution in [2.75, 3.05) is 0 Å². The van der Waals surface area contributed by atoms with E-state index in [1.165, 1.54) is 12.1 Å². The molecule has 0 aromatic heterocycles. The van der Waals surface area contributed by atoms with E-state index in [9.17, 15) is 18.8 Å². The Morgan fingerprint density at radius 3 is 2.79 bits per heavy atom. The van der Waals surface area contributed by atoms with Gasteiger partial charge >= 0.3 is 6.03 Å². The average Bonchev–Trinajstić information content (AvgIpc) is 2.96. The van der Waals surface area contributed by atoms with Gasteiger partial charge in [0.15, 0.2) is 0 Å². The Morgan fingerprint density at radius 2 is 2.08 bits per heavy atom.